The Bertz CT molecular complexity index is 573. The van der Waals surface area contributed by atoms with Crippen molar-refractivity contribution in [3.63, 3.8) is 0 Å². The number of carbonyl (C=O) groups is 1. The van der Waals surface area contributed by atoms with Crippen LogP contribution in [0.2, 0.25) is 0 Å². The number of hydrogen-bond acceptors (Lipinski definition) is 3. The summed E-state index contributed by atoms with van der Waals surface area (Å²) in [6.45, 7) is 3.03. The minimum Gasteiger partial charge on any atom is -0.378 e. The van der Waals surface area contributed by atoms with Crippen LogP contribution in [-0.4, -0.2) is 48.8 Å². The second-order valence-electron chi connectivity index (χ2n) is 5.50. The van der Waals surface area contributed by atoms with Gasteiger partial charge in [-0.25, -0.2) is 4.79 Å². The van der Waals surface area contributed by atoms with E-state index in [0.29, 0.717) is 32.8 Å². The Morgan fingerprint density at radius 2 is 1.87 bits per heavy atom. The first kappa shape index (κ1) is 15.5. The van der Waals surface area contributed by atoms with Crippen LogP contribution < -0.4 is 5.32 Å². The Morgan fingerprint density at radius 1 is 1.13 bits per heavy atom. The van der Waals surface area contributed by atoms with Crippen LogP contribution in [0.3, 0.4) is 0 Å². The zero-order valence-electron chi connectivity index (χ0n) is 13.0. The Balaban J connectivity index is 1.70. The first-order chi connectivity index (χ1) is 11.3. The number of hydrogen-bond donors (Lipinski definition) is 1. The molecular weight excluding hydrogens is 290 g/mol. The summed E-state index contributed by atoms with van der Waals surface area (Å²) in [6, 6.07) is 16.0. The Kier molecular flexibility index (Phi) is 5.21. The fourth-order valence-corrected chi connectivity index (χ4v) is 2.73. The SMILES string of the molecule is O=C(NCC(c1ccccc1)c1ccccn1)N1CCOCC1. The van der Waals surface area contributed by atoms with Gasteiger partial charge in [-0.3, -0.25) is 4.98 Å². The maximum absolute atomic E-state index is 12.3. The van der Waals surface area contributed by atoms with Crippen LogP contribution >= 0.6 is 0 Å². The fraction of sp³-hybridized carbons (Fsp3) is 0.333. The minimum atomic E-state index is -0.0369. The smallest absolute Gasteiger partial charge is 0.317 e. The summed E-state index contributed by atoms with van der Waals surface area (Å²) < 4.78 is 5.28. The van der Waals surface area contributed by atoms with Gasteiger partial charge in [0.05, 0.1) is 13.2 Å². The molecule has 1 N–H and O–H groups in total. The van der Waals surface area contributed by atoms with Gasteiger partial charge in [0.2, 0.25) is 0 Å². The first-order valence-corrected chi connectivity index (χ1v) is 7.91. The van der Waals surface area contributed by atoms with Crippen LogP contribution in [0.15, 0.2) is 54.7 Å². The van der Waals surface area contributed by atoms with E-state index in [1.807, 2.05) is 36.4 Å². The largest absolute Gasteiger partial charge is 0.378 e. The van der Waals surface area contributed by atoms with Gasteiger partial charge in [0.25, 0.3) is 0 Å². The lowest BCUT2D eigenvalue weighted by molar-refractivity contribution is 0.0532. The molecule has 1 aromatic carbocycles. The summed E-state index contributed by atoms with van der Waals surface area (Å²) in [5.74, 6) is 0.0439. The summed E-state index contributed by atoms with van der Waals surface area (Å²) in [5.41, 5.74) is 2.11. The van der Waals surface area contributed by atoms with Gasteiger partial charge in [-0.05, 0) is 17.7 Å². The monoisotopic (exact) mass is 311 g/mol. The lowest BCUT2D eigenvalue weighted by Crippen LogP contribution is -2.47. The van der Waals surface area contributed by atoms with Crippen molar-refractivity contribution < 1.29 is 9.53 Å². The van der Waals surface area contributed by atoms with Gasteiger partial charge in [0.1, 0.15) is 0 Å². The van der Waals surface area contributed by atoms with Gasteiger partial charge in [-0.15, -0.1) is 0 Å². The van der Waals surface area contributed by atoms with E-state index in [1.54, 1.807) is 11.1 Å². The summed E-state index contributed by atoms with van der Waals surface area (Å²) in [7, 11) is 0. The number of rotatable bonds is 4. The van der Waals surface area contributed by atoms with Crippen LogP contribution in [-0.2, 0) is 4.74 Å². The Morgan fingerprint density at radius 3 is 2.57 bits per heavy atom. The van der Waals surface area contributed by atoms with Gasteiger partial charge in [-0.2, -0.15) is 0 Å². The normalized spacial score (nSPS) is 15.9. The molecule has 1 aliphatic heterocycles. The van der Waals surface area contributed by atoms with Crippen LogP contribution in [0.1, 0.15) is 17.2 Å². The number of urea groups is 1. The molecule has 1 aromatic heterocycles. The lowest BCUT2D eigenvalue weighted by atomic mass is 9.95. The molecule has 5 nitrogen and oxygen atoms in total. The van der Waals surface area contributed by atoms with Gasteiger partial charge >= 0.3 is 6.03 Å². The average Bonchev–Trinajstić information content (AvgIpc) is 2.64. The average molecular weight is 311 g/mol. The number of morpholine rings is 1. The second kappa shape index (κ2) is 7.74. The number of benzene rings is 1. The van der Waals surface area contributed by atoms with Gasteiger partial charge in [0, 0.05) is 37.4 Å². The van der Waals surface area contributed by atoms with Crippen molar-refractivity contribution in [2.45, 2.75) is 5.92 Å². The number of nitrogens with one attached hydrogen (secondary N) is 1. The van der Waals surface area contributed by atoms with Crippen molar-refractivity contribution in [1.29, 1.82) is 0 Å². The number of aromatic nitrogens is 1. The number of ether oxygens (including phenoxy) is 1. The van der Waals surface area contributed by atoms with Crippen LogP contribution in [0, 0.1) is 0 Å². The maximum atomic E-state index is 12.3. The molecule has 1 unspecified atom stereocenters. The third-order valence-corrected chi connectivity index (χ3v) is 4.00. The zero-order chi connectivity index (χ0) is 15.9. The number of amides is 2. The lowest BCUT2D eigenvalue weighted by Gasteiger charge is -2.28. The molecule has 0 saturated carbocycles. The van der Waals surface area contributed by atoms with Crippen molar-refractivity contribution in [3.05, 3.63) is 66.0 Å². The van der Waals surface area contributed by atoms with E-state index in [1.165, 1.54) is 0 Å². The van der Waals surface area contributed by atoms with Gasteiger partial charge < -0.3 is 15.0 Å². The van der Waals surface area contributed by atoms with E-state index in [2.05, 4.69) is 22.4 Å². The zero-order valence-corrected chi connectivity index (χ0v) is 13.0. The topological polar surface area (TPSA) is 54.5 Å². The standard InChI is InChI=1S/C18H21N3O2/c22-18(21-10-12-23-13-11-21)20-14-16(15-6-2-1-3-7-15)17-8-4-5-9-19-17/h1-9,16H,10-14H2,(H,20,22). The molecule has 2 heterocycles. The molecule has 1 atom stereocenters. The fourth-order valence-electron chi connectivity index (χ4n) is 2.73. The van der Waals surface area contributed by atoms with Gasteiger partial charge in [-0.1, -0.05) is 36.4 Å². The van der Waals surface area contributed by atoms with Crippen LogP contribution in [0.4, 0.5) is 4.79 Å². The summed E-state index contributed by atoms with van der Waals surface area (Å²) >= 11 is 0. The summed E-state index contributed by atoms with van der Waals surface area (Å²) in [4.78, 5) is 18.6. The highest BCUT2D eigenvalue weighted by molar-refractivity contribution is 5.74. The summed E-state index contributed by atoms with van der Waals surface area (Å²) in [6.07, 6.45) is 1.79. The Labute approximate surface area is 136 Å². The molecule has 23 heavy (non-hydrogen) atoms. The van der Waals surface area contributed by atoms with Gasteiger partial charge in [0.15, 0.2) is 0 Å². The third kappa shape index (κ3) is 4.07. The molecule has 0 bridgehead atoms. The minimum absolute atomic E-state index is 0.0369. The molecule has 1 fully saturated rings. The van der Waals surface area contributed by atoms with E-state index in [4.69, 9.17) is 4.74 Å². The molecule has 0 radical (unpaired) electrons. The molecule has 0 spiro atoms. The van der Waals surface area contributed by atoms with Crippen molar-refractivity contribution >= 4 is 6.03 Å². The van der Waals surface area contributed by atoms with Crippen molar-refractivity contribution in [3.8, 4) is 0 Å². The molecular formula is C18H21N3O2. The Hall–Kier alpha value is -2.40. The van der Waals surface area contributed by atoms with E-state index in [9.17, 15) is 4.79 Å². The molecule has 2 aromatic rings. The highest BCUT2D eigenvalue weighted by atomic mass is 16.5. The molecule has 120 valence electrons. The second-order valence-corrected chi connectivity index (χ2v) is 5.50. The molecule has 1 saturated heterocycles. The first-order valence-electron chi connectivity index (χ1n) is 7.91. The quantitative estimate of drug-likeness (QED) is 0.942. The molecule has 5 heteroatoms. The number of pyridine rings is 1. The third-order valence-electron chi connectivity index (χ3n) is 4.00. The van der Waals surface area contributed by atoms with Crippen molar-refractivity contribution in [1.82, 2.24) is 15.2 Å². The van der Waals surface area contributed by atoms with E-state index >= 15 is 0 Å². The number of carbonyl (C=O) groups excluding carboxylic acids is 1. The predicted molar refractivity (Wildman–Crippen MR) is 88.3 cm³/mol. The predicted octanol–water partition coefficient (Wildman–Crippen LogP) is 2.26. The van der Waals surface area contributed by atoms with Crippen LogP contribution in [0.25, 0.3) is 0 Å². The molecule has 0 aliphatic carbocycles. The van der Waals surface area contributed by atoms with E-state index in [0.717, 1.165) is 11.3 Å². The van der Waals surface area contributed by atoms with E-state index in [-0.39, 0.29) is 11.9 Å². The van der Waals surface area contributed by atoms with E-state index < -0.39 is 0 Å². The highest BCUT2D eigenvalue weighted by Crippen LogP contribution is 2.22. The van der Waals surface area contributed by atoms with Crippen molar-refractivity contribution in [2.75, 3.05) is 32.8 Å². The molecule has 1 aliphatic rings. The molecule has 2 amide bonds. The maximum Gasteiger partial charge on any atom is 0.317 e. The summed E-state index contributed by atoms with van der Waals surface area (Å²) in [5, 5.41) is 3.04. The number of nitrogens with zero attached hydrogens (tertiary/aromatic N) is 2. The van der Waals surface area contributed by atoms with Crippen molar-refractivity contribution in [2.24, 2.45) is 0 Å². The van der Waals surface area contributed by atoms with Crippen LogP contribution in [0.5, 0.6) is 0 Å². The highest BCUT2D eigenvalue weighted by Gasteiger charge is 2.20. The molecule has 3 rings (SSSR count).